The Hall–Kier alpha value is -0.610. The molecule has 3 N–H and O–H groups in total. The van der Waals surface area contributed by atoms with E-state index in [2.05, 4.69) is 0 Å². The van der Waals surface area contributed by atoms with Crippen molar-refractivity contribution in [3.63, 3.8) is 0 Å². The van der Waals surface area contributed by atoms with Crippen molar-refractivity contribution >= 4 is 5.97 Å². The van der Waals surface area contributed by atoms with E-state index in [0.29, 0.717) is 12.8 Å². The number of hydrogen-bond acceptors (Lipinski definition) is 3. The number of aliphatic carboxylic acids is 1. The van der Waals surface area contributed by atoms with Crippen LogP contribution in [0.4, 0.5) is 0 Å². The molecule has 0 heterocycles. The van der Waals surface area contributed by atoms with Gasteiger partial charge in [-0.05, 0) is 19.3 Å². The van der Waals surface area contributed by atoms with Gasteiger partial charge in [-0.3, -0.25) is 4.79 Å². The molecule has 15 heavy (non-hydrogen) atoms. The minimum Gasteiger partial charge on any atom is -0.481 e. The van der Waals surface area contributed by atoms with Gasteiger partial charge in [-0.1, -0.05) is 26.7 Å². The molecule has 0 spiro atoms. The molecule has 0 fully saturated rings. The Labute approximate surface area is 90.9 Å². The number of carboxylic acid groups (broad SMARTS) is 1. The molecule has 1 unspecified atom stereocenters. The first kappa shape index (κ1) is 14.4. The zero-order valence-electron chi connectivity index (χ0n) is 9.57. The van der Waals surface area contributed by atoms with E-state index >= 15 is 0 Å². The van der Waals surface area contributed by atoms with Crippen molar-refractivity contribution in [2.45, 2.75) is 52.1 Å². The maximum atomic E-state index is 11.3. The predicted molar refractivity (Wildman–Crippen MR) is 57.6 cm³/mol. The molecule has 0 radical (unpaired) electrons. The van der Waals surface area contributed by atoms with Crippen molar-refractivity contribution in [2.75, 3.05) is 6.61 Å². The van der Waals surface area contributed by atoms with Gasteiger partial charge in [0.1, 0.15) is 0 Å². The molecule has 0 aromatic heterocycles. The van der Waals surface area contributed by atoms with E-state index in [4.69, 9.17) is 5.11 Å². The van der Waals surface area contributed by atoms with E-state index in [0.717, 1.165) is 12.8 Å². The van der Waals surface area contributed by atoms with Crippen molar-refractivity contribution in [1.82, 2.24) is 0 Å². The van der Waals surface area contributed by atoms with Crippen molar-refractivity contribution in [3.05, 3.63) is 0 Å². The maximum Gasteiger partial charge on any atom is 0.309 e. The Morgan fingerprint density at radius 1 is 1.27 bits per heavy atom. The molecular weight excluding hydrogens is 196 g/mol. The van der Waals surface area contributed by atoms with Crippen LogP contribution in [0.1, 0.15) is 46.0 Å². The van der Waals surface area contributed by atoms with Crippen LogP contribution in [0.3, 0.4) is 0 Å². The third-order valence-corrected chi connectivity index (χ3v) is 2.75. The third-order valence-electron chi connectivity index (χ3n) is 2.75. The Bertz CT molecular complexity index is 185. The summed E-state index contributed by atoms with van der Waals surface area (Å²) in [7, 11) is 0. The van der Waals surface area contributed by atoms with Crippen LogP contribution in [0.25, 0.3) is 0 Å². The average molecular weight is 218 g/mol. The average Bonchev–Trinajstić information content (AvgIpc) is 2.18. The summed E-state index contributed by atoms with van der Waals surface area (Å²) in [5.41, 5.74) is -0.869. The van der Waals surface area contributed by atoms with Crippen LogP contribution in [0, 0.1) is 5.41 Å². The summed E-state index contributed by atoms with van der Waals surface area (Å²) in [4.78, 5) is 11.3. The SMILES string of the molecule is CCCC(CCC)(CC(O)CO)C(=O)O. The minimum atomic E-state index is -0.931. The van der Waals surface area contributed by atoms with Gasteiger partial charge in [-0.25, -0.2) is 0 Å². The van der Waals surface area contributed by atoms with Crippen LogP contribution >= 0.6 is 0 Å². The highest BCUT2D eigenvalue weighted by atomic mass is 16.4. The van der Waals surface area contributed by atoms with Gasteiger partial charge < -0.3 is 15.3 Å². The van der Waals surface area contributed by atoms with Gasteiger partial charge in [0.2, 0.25) is 0 Å². The van der Waals surface area contributed by atoms with Crippen molar-refractivity contribution < 1.29 is 20.1 Å². The largest absolute Gasteiger partial charge is 0.481 e. The highest BCUT2D eigenvalue weighted by Crippen LogP contribution is 2.35. The van der Waals surface area contributed by atoms with Crippen LogP contribution in [0.5, 0.6) is 0 Å². The summed E-state index contributed by atoms with van der Waals surface area (Å²) in [6.45, 7) is 3.49. The molecule has 0 bridgehead atoms. The lowest BCUT2D eigenvalue weighted by molar-refractivity contribution is -0.152. The van der Waals surface area contributed by atoms with Crippen LogP contribution in [-0.2, 0) is 4.79 Å². The molecule has 0 aromatic carbocycles. The van der Waals surface area contributed by atoms with E-state index in [9.17, 15) is 15.0 Å². The monoisotopic (exact) mass is 218 g/mol. The fourth-order valence-corrected chi connectivity index (χ4v) is 2.10. The summed E-state index contributed by atoms with van der Waals surface area (Å²) >= 11 is 0. The standard InChI is InChI=1S/C11H22O4/c1-3-5-11(6-4-2,10(14)15)7-9(13)8-12/h9,12-13H,3-8H2,1-2H3,(H,14,15). The van der Waals surface area contributed by atoms with E-state index < -0.39 is 17.5 Å². The lowest BCUT2D eigenvalue weighted by atomic mass is 9.75. The van der Waals surface area contributed by atoms with E-state index in [1.807, 2.05) is 13.8 Å². The molecule has 0 aliphatic rings. The zero-order chi connectivity index (χ0) is 11.9. The number of aliphatic hydroxyl groups is 2. The fourth-order valence-electron chi connectivity index (χ4n) is 2.10. The van der Waals surface area contributed by atoms with E-state index in [-0.39, 0.29) is 13.0 Å². The second-order valence-corrected chi connectivity index (χ2v) is 4.13. The molecule has 4 heteroatoms. The molecule has 1 atom stereocenters. The second-order valence-electron chi connectivity index (χ2n) is 4.13. The Morgan fingerprint density at radius 3 is 2.00 bits per heavy atom. The zero-order valence-corrected chi connectivity index (χ0v) is 9.57. The first-order valence-electron chi connectivity index (χ1n) is 5.54. The van der Waals surface area contributed by atoms with Gasteiger partial charge >= 0.3 is 5.97 Å². The van der Waals surface area contributed by atoms with Crippen LogP contribution < -0.4 is 0 Å². The number of hydrogen-bond donors (Lipinski definition) is 3. The highest BCUT2D eigenvalue weighted by molar-refractivity contribution is 5.74. The van der Waals surface area contributed by atoms with Gasteiger partial charge in [0.25, 0.3) is 0 Å². The second kappa shape index (κ2) is 6.80. The molecule has 0 saturated heterocycles. The van der Waals surface area contributed by atoms with E-state index in [1.165, 1.54) is 0 Å². The number of aliphatic hydroxyl groups excluding tert-OH is 2. The molecular formula is C11H22O4. The Kier molecular flexibility index (Phi) is 6.52. The molecule has 0 aliphatic heterocycles. The van der Waals surface area contributed by atoms with Crippen LogP contribution in [0.2, 0.25) is 0 Å². The first-order chi connectivity index (χ1) is 7.02. The molecule has 4 nitrogen and oxygen atoms in total. The van der Waals surface area contributed by atoms with Gasteiger partial charge in [0.15, 0.2) is 0 Å². The van der Waals surface area contributed by atoms with Crippen molar-refractivity contribution in [1.29, 1.82) is 0 Å². The smallest absolute Gasteiger partial charge is 0.309 e. The quantitative estimate of drug-likeness (QED) is 0.575. The molecule has 0 amide bonds. The molecule has 0 aliphatic carbocycles. The predicted octanol–water partition coefficient (Wildman–Crippen LogP) is 1.40. The van der Waals surface area contributed by atoms with Gasteiger partial charge in [-0.2, -0.15) is 0 Å². The third kappa shape index (κ3) is 4.18. The summed E-state index contributed by atoms with van der Waals surface area (Å²) in [5, 5.41) is 27.4. The summed E-state index contributed by atoms with van der Waals surface area (Å²) in [6.07, 6.45) is 1.84. The lowest BCUT2D eigenvalue weighted by Gasteiger charge is -2.30. The van der Waals surface area contributed by atoms with E-state index in [1.54, 1.807) is 0 Å². The highest BCUT2D eigenvalue weighted by Gasteiger charge is 2.38. The topological polar surface area (TPSA) is 77.8 Å². The first-order valence-corrected chi connectivity index (χ1v) is 5.54. The van der Waals surface area contributed by atoms with Gasteiger partial charge in [0.05, 0.1) is 18.1 Å². The summed E-state index contributed by atoms with van der Waals surface area (Å²) in [6, 6.07) is 0. The van der Waals surface area contributed by atoms with Crippen molar-refractivity contribution in [3.8, 4) is 0 Å². The summed E-state index contributed by atoms with van der Waals surface area (Å²) < 4.78 is 0. The molecule has 0 rings (SSSR count). The lowest BCUT2D eigenvalue weighted by Crippen LogP contribution is -2.36. The van der Waals surface area contributed by atoms with Crippen LogP contribution in [-0.4, -0.2) is 34.0 Å². The number of carboxylic acids is 1. The fraction of sp³-hybridized carbons (Fsp3) is 0.909. The Morgan fingerprint density at radius 2 is 1.73 bits per heavy atom. The molecule has 0 saturated carbocycles. The van der Waals surface area contributed by atoms with Crippen molar-refractivity contribution in [2.24, 2.45) is 5.41 Å². The Balaban J connectivity index is 4.68. The van der Waals surface area contributed by atoms with Gasteiger partial charge in [-0.15, -0.1) is 0 Å². The van der Waals surface area contributed by atoms with Gasteiger partial charge in [0, 0.05) is 0 Å². The normalized spacial score (nSPS) is 13.9. The number of rotatable bonds is 8. The minimum absolute atomic E-state index is 0.139. The maximum absolute atomic E-state index is 11.3. The molecule has 90 valence electrons. The van der Waals surface area contributed by atoms with Crippen LogP contribution in [0.15, 0.2) is 0 Å². The molecule has 0 aromatic rings. The summed E-state index contributed by atoms with van der Waals surface area (Å²) in [5.74, 6) is -0.862. The number of carbonyl (C=O) groups is 1.